The molecule has 0 atom stereocenters. The molecule has 0 saturated carbocycles. The third-order valence-corrected chi connectivity index (χ3v) is 5.48. The number of thiophene rings is 1. The van der Waals surface area contributed by atoms with Crippen molar-refractivity contribution in [2.45, 2.75) is 6.54 Å². The second kappa shape index (κ2) is 8.80. The number of ketones is 1. The van der Waals surface area contributed by atoms with Crippen LogP contribution in [0.25, 0.3) is 10.6 Å². The van der Waals surface area contributed by atoms with Gasteiger partial charge in [-0.1, -0.05) is 30.3 Å². The van der Waals surface area contributed by atoms with E-state index < -0.39 is 5.82 Å². The zero-order valence-electron chi connectivity index (χ0n) is 15.8. The van der Waals surface area contributed by atoms with E-state index in [9.17, 15) is 14.0 Å². The molecular formula is C24H17FN2O2S. The molecule has 0 radical (unpaired) electrons. The molecule has 0 aliphatic carbocycles. The highest BCUT2D eigenvalue weighted by molar-refractivity contribution is 7.13. The summed E-state index contributed by atoms with van der Waals surface area (Å²) in [7, 11) is 0. The van der Waals surface area contributed by atoms with E-state index in [1.165, 1.54) is 24.3 Å². The number of nitrogens with zero attached hydrogens (tertiary/aromatic N) is 1. The van der Waals surface area contributed by atoms with Crippen molar-refractivity contribution in [3.63, 3.8) is 0 Å². The zero-order valence-corrected chi connectivity index (χ0v) is 16.7. The van der Waals surface area contributed by atoms with Gasteiger partial charge in [-0.05, 0) is 53.4 Å². The van der Waals surface area contributed by atoms with Crippen LogP contribution in [0.15, 0.2) is 84.4 Å². The SMILES string of the molecule is O=C(NCc1cccnc1-c1cccs1)c1ccccc1C(=O)c1ccc(F)cc1. The zero-order chi connectivity index (χ0) is 20.9. The summed E-state index contributed by atoms with van der Waals surface area (Å²) in [6.45, 7) is 0.277. The number of hydrogen-bond donors (Lipinski definition) is 1. The number of rotatable bonds is 6. The first kappa shape index (κ1) is 19.7. The van der Waals surface area contributed by atoms with Crippen molar-refractivity contribution < 1.29 is 14.0 Å². The van der Waals surface area contributed by atoms with Crippen LogP contribution in [0.3, 0.4) is 0 Å². The van der Waals surface area contributed by atoms with E-state index in [-0.39, 0.29) is 29.4 Å². The van der Waals surface area contributed by atoms with E-state index in [1.54, 1.807) is 41.8 Å². The quantitative estimate of drug-likeness (QED) is 0.444. The van der Waals surface area contributed by atoms with Gasteiger partial charge in [-0.25, -0.2) is 4.39 Å². The van der Waals surface area contributed by atoms with Crippen molar-refractivity contribution in [3.05, 3.63) is 112 Å². The minimum atomic E-state index is -0.421. The molecule has 4 aromatic rings. The van der Waals surface area contributed by atoms with Gasteiger partial charge < -0.3 is 5.32 Å². The van der Waals surface area contributed by atoms with Crippen molar-refractivity contribution in [3.8, 4) is 10.6 Å². The predicted octanol–water partition coefficient (Wildman–Crippen LogP) is 5.11. The molecule has 0 fully saturated rings. The lowest BCUT2D eigenvalue weighted by atomic mass is 9.98. The van der Waals surface area contributed by atoms with Crippen LogP contribution in [0.4, 0.5) is 4.39 Å². The Labute approximate surface area is 177 Å². The third kappa shape index (κ3) is 4.18. The molecule has 30 heavy (non-hydrogen) atoms. The van der Waals surface area contributed by atoms with E-state index >= 15 is 0 Å². The molecule has 4 nitrogen and oxygen atoms in total. The minimum Gasteiger partial charge on any atom is -0.348 e. The van der Waals surface area contributed by atoms with Gasteiger partial charge in [0.15, 0.2) is 5.78 Å². The molecule has 0 unspecified atom stereocenters. The minimum absolute atomic E-state index is 0.270. The summed E-state index contributed by atoms with van der Waals surface area (Å²) in [5.74, 6) is -1.11. The average Bonchev–Trinajstić information content (AvgIpc) is 3.32. The van der Waals surface area contributed by atoms with Crippen molar-refractivity contribution in [2.24, 2.45) is 0 Å². The van der Waals surface area contributed by atoms with Gasteiger partial charge >= 0.3 is 0 Å². The number of benzene rings is 2. The summed E-state index contributed by atoms with van der Waals surface area (Å²) < 4.78 is 13.2. The maximum Gasteiger partial charge on any atom is 0.252 e. The summed E-state index contributed by atoms with van der Waals surface area (Å²) >= 11 is 1.58. The molecule has 1 amide bonds. The Balaban J connectivity index is 1.56. The molecule has 2 aromatic carbocycles. The summed E-state index contributed by atoms with van der Waals surface area (Å²) in [5, 5.41) is 4.86. The van der Waals surface area contributed by atoms with Crippen LogP contribution in [-0.4, -0.2) is 16.7 Å². The highest BCUT2D eigenvalue weighted by Crippen LogP contribution is 2.26. The highest BCUT2D eigenvalue weighted by Gasteiger charge is 2.18. The van der Waals surface area contributed by atoms with E-state index in [0.717, 1.165) is 16.1 Å². The molecule has 4 rings (SSSR count). The number of nitrogens with one attached hydrogen (secondary N) is 1. The van der Waals surface area contributed by atoms with Gasteiger partial charge in [0, 0.05) is 23.9 Å². The van der Waals surface area contributed by atoms with Crippen molar-refractivity contribution >= 4 is 23.0 Å². The summed E-state index contributed by atoms with van der Waals surface area (Å²) in [4.78, 5) is 31.2. The third-order valence-electron chi connectivity index (χ3n) is 4.61. The Morgan fingerprint density at radius 3 is 2.40 bits per heavy atom. The summed E-state index contributed by atoms with van der Waals surface area (Å²) in [5.41, 5.74) is 2.57. The van der Waals surface area contributed by atoms with Crippen molar-refractivity contribution in [2.75, 3.05) is 0 Å². The second-order valence-electron chi connectivity index (χ2n) is 6.55. The largest absolute Gasteiger partial charge is 0.348 e. The second-order valence-corrected chi connectivity index (χ2v) is 7.50. The van der Waals surface area contributed by atoms with Crippen LogP contribution in [0.5, 0.6) is 0 Å². The lowest BCUT2D eigenvalue weighted by Gasteiger charge is -2.11. The fourth-order valence-corrected chi connectivity index (χ4v) is 3.88. The van der Waals surface area contributed by atoms with Gasteiger partial charge in [-0.2, -0.15) is 0 Å². The maximum atomic E-state index is 13.2. The first-order chi connectivity index (χ1) is 14.6. The van der Waals surface area contributed by atoms with Crippen molar-refractivity contribution in [1.29, 1.82) is 0 Å². The molecule has 6 heteroatoms. The number of pyridine rings is 1. The lowest BCUT2D eigenvalue weighted by Crippen LogP contribution is -2.25. The maximum absolute atomic E-state index is 13.2. The average molecular weight is 416 g/mol. The Kier molecular flexibility index (Phi) is 5.77. The van der Waals surface area contributed by atoms with Crippen LogP contribution in [-0.2, 0) is 6.54 Å². The number of halogens is 1. The molecular weight excluding hydrogens is 399 g/mol. The number of hydrogen-bond acceptors (Lipinski definition) is 4. The first-order valence-electron chi connectivity index (χ1n) is 9.29. The van der Waals surface area contributed by atoms with Crippen LogP contribution in [0, 0.1) is 5.82 Å². The fraction of sp³-hybridized carbons (Fsp3) is 0.0417. The van der Waals surface area contributed by atoms with Crippen LogP contribution >= 0.6 is 11.3 Å². The number of amides is 1. The lowest BCUT2D eigenvalue weighted by molar-refractivity contribution is 0.0939. The number of carbonyl (C=O) groups is 2. The van der Waals surface area contributed by atoms with Gasteiger partial charge in [0.2, 0.25) is 0 Å². The van der Waals surface area contributed by atoms with Gasteiger partial charge in [-0.3, -0.25) is 14.6 Å². The summed E-state index contributed by atoms with van der Waals surface area (Å²) in [6.07, 6.45) is 1.72. The first-order valence-corrected chi connectivity index (χ1v) is 10.2. The molecule has 0 aliphatic heterocycles. The van der Waals surface area contributed by atoms with Crippen LogP contribution < -0.4 is 5.32 Å². The van der Waals surface area contributed by atoms with Gasteiger partial charge in [0.1, 0.15) is 5.82 Å². The van der Waals surface area contributed by atoms with Crippen LogP contribution in [0.2, 0.25) is 0 Å². The molecule has 0 spiro atoms. The van der Waals surface area contributed by atoms with Gasteiger partial charge in [0.25, 0.3) is 5.91 Å². The highest BCUT2D eigenvalue weighted by atomic mass is 32.1. The number of carbonyl (C=O) groups excluding carboxylic acids is 2. The molecule has 2 aromatic heterocycles. The predicted molar refractivity (Wildman–Crippen MR) is 115 cm³/mol. The molecule has 0 bridgehead atoms. The Hall–Kier alpha value is -3.64. The normalized spacial score (nSPS) is 10.6. The monoisotopic (exact) mass is 416 g/mol. The smallest absolute Gasteiger partial charge is 0.252 e. The molecule has 0 aliphatic rings. The van der Waals surface area contributed by atoms with Gasteiger partial charge in [0.05, 0.1) is 16.1 Å². The van der Waals surface area contributed by atoms with Crippen LogP contribution in [0.1, 0.15) is 31.8 Å². The van der Waals surface area contributed by atoms with E-state index in [1.807, 2.05) is 29.6 Å². The standard InChI is InChI=1S/C24H17FN2O2S/c25-18-11-9-16(10-12-18)23(28)19-6-1-2-7-20(19)24(29)27-15-17-5-3-13-26-22(17)21-8-4-14-30-21/h1-14H,15H2,(H,27,29). The van der Waals surface area contributed by atoms with E-state index in [0.29, 0.717) is 5.56 Å². The van der Waals surface area contributed by atoms with E-state index in [4.69, 9.17) is 0 Å². The fourth-order valence-electron chi connectivity index (χ4n) is 3.12. The van der Waals surface area contributed by atoms with E-state index in [2.05, 4.69) is 10.3 Å². The van der Waals surface area contributed by atoms with Gasteiger partial charge in [-0.15, -0.1) is 11.3 Å². The summed E-state index contributed by atoms with van der Waals surface area (Å²) in [6, 6.07) is 19.6. The molecule has 148 valence electrons. The molecule has 2 heterocycles. The number of aromatic nitrogens is 1. The molecule has 0 saturated heterocycles. The Bertz CT molecular complexity index is 1190. The Morgan fingerprint density at radius 1 is 0.900 bits per heavy atom. The van der Waals surface area contributed by atoms with Crippen molar-refractivity contribution in [1.82, 2.24) is 10.3 Å². The molecule has 1 N–H and O–H groups in total. The Morgan fingerprint density at radius 2 is 1.67 bits per heavy atom. The topological polar surface area (TPSA) is 59.1 Å².